The highest BCUT2D eigenvalue weighted by Gasteiger charge is 2.45. The van der Waals surface area contributed by atoms with Gasteiger partial charge in [0.05, 0.1) is 15.2 Å². The SMILES string of the molecule is CC1(C)C(/C=C/C=C/C=C/C=C2/N(CCCCCC(=O)O)c3ccc4cc(S(=O)(=O)[O-])ccc4c3C2(C)C)=[N+](CCCCCC(=O)O)c2ccc3cc(S(=O)(=O)O)ccc3c21. The number of carboxylic acids is 2. The van der Waals surface area contributed by atoms with E-state index in [2.05, 4.69) is 49.3 Å². The highest BCUT2D eigenvalue weighted by atomic mass is 32.2. The minimum absolute atomic E-state index is 0.109. The second-order valence-corrected chi connectivity index (χ2v) is 19.4. The number of hydrogen-bond acceptors (Lipinski definition) is 8. The Balaban J connectivity index is 1.28. The maximum absolute atomic E-state index is 11.9. The summed E-state index contributed by atoms with van der Waals surface area (Å²) in [6, 6.07) is 16.7. The molecular weight excluding hydrogens is 817 g/mol. The minimum atomic E-state index is -4.63. The van der Waals surface area contributed by atoms with Crippen molar-refractivity contribution in [2.45, 2.75) is 99.7 Å². The van der Waals surface area contributed by atoms with Crippen LogP contribution >= 0.6 is 0 Å². The number of carbonyl (C=O) groups is 2. The lowest BCUT2D eigenvalue weighted by atomic mass is 9.79. The van der Waals surface area contributed by atoms with Gasteiger partial charge in [-0.2, -0.15) is 13.0 Å². The molecule has 0 fully saturated rings. The molecule has 322 valence electrons. The van der Waals surface area contributed by atoms with Gasteiger partial charge in [-0.1, -0.05) is 68.8 Å². The lowest BCUT2D eigenvalue weighted by Crippen LogP contribution is -2.28. The van der Waals surface area contributed by atoms with E-state index in [1.165, 1.54) is 24.3 Å². The zero-order valence-electron chi connectivity index (χ0n) is 34.8. The van der Waals surface area contributed by atoms with Crippen LogP contribution in [0.2, 0.25) is 0 Å². The Morgan fingerprint density at radius 2 is 1.26 bits per heavy atom. The Kier molecular flexibility index (Phi) is 13.2. The van der Waals surface area contributed by atoms with Gasteiger partial charge in [-0.25, -0.2) is 8.42 Å². The van der Waals surface area contributed by atoms with E-state index in [0.29, 0.717) is 36.7 Å². The molecule has 0 aliphatic carbocycles. The standard InChI is InChI=1S/C47H52N2O10S2/c1-46(2)40(48(28-14-8-12-18-42(50)51)38-26-20-32-30-34(60(54,55)56)22-24-36(32)44(38)46)16-10-6-5-7-11-17-41-47(3,4)45-37-25-23-35(61(57,58)59)31-33(37)21-27-39(45)49(41)29-15-9-13-19-43(52)53/h5-7,10-11,16-17,20-27,30-31H,8-9,12-15,18-19,28-29H2,1-4H3,(H3-,50,51,52,53,54,55,56,57,58,59). The number of fused-ring (bicyclic) bond motifs is 6. The summed E-state index contributed by atoms with van der Waals surface area (Å²) in [5.41, 5.74) is 5.06. The fourth-order valence-electron chi connectivity index (χ4n) is 8.87. The van der Waals surface area contributed by atoms with Gasteiger partial charge in [0, 0.05) is 60.3 Å². The zero-order chi connectivity index (χ0) is 44.3. The molecule has 0 atom stereocenters. The van der Waals surface area contributed by atoms with Gasteiger partial charge in [-0.05, 0) is 109 Å². The van der Waals surface area contributed by atoms with E-state index in [9.17, 15) is 35.5 Å². The number of unbranched alkanes of at least 4 members (excludes halogenated alkanes) is 4. The van der Waals surface area contributed by atoms with E-state index in [0.717, 1.165) is 70.4 Å². The highest BCUT2D eigenvalue weighted by molar-refractivity contribution is 7.86. The van der Waals surface area contributed by atoms with Crippen LogP contribution in [0.1, 0.15) is 90.2 Å². The summed E-state index contributed by atoms with van der Waals surface area (Å²) in [7, 11) is -9.01. The Morgan fingerprint density at radius 3 is 1.90 bits per heavy atom. The van der Waals surface area contributed by atoms with Crippen molar-refractivity contribution < 1.29 is 50.3 Å². The lowest BCUT2D eigenvalue weighted by Gasteiger charge is -2.27. The predicted molar refractivity (Wildman–Crippen MR) is 237 cm³/mol. The van der Waals surface area contributed by atoms with E-state index in [-0.39, 0.29) is 22.6 Å². The van der Waals surface area contributed by atoms with Crippen LogP contribution in [0.5, 0.6) is 0 Å². The third kappa shape index (κ3) is 9.73. The molecule has 4 aromatic carbocycles. The van der Waals surface area contributed by atoms with Gasteiger partial charge in [0.15, 0.2) is 5.71 Å². The molecule has 0 unspecified atom stereocenters. The fraction of sp³-hybridized carbons (Fsp3) is 0.340. The molecule has 2 aliphatic rings. The van der Waals surface area contributed by atoms with Crippen molar-refractivity contribution in [2.75, 3.05) is 18.0 Å². The third-order valence-corrected chi connectivity index (χ3v) is 13.4. The topological polar surface area (TPSA) is 192 Å². The number of carboxylic acid groups (broad SMARTS) is 2. The van der Waals surface area contributed by atoms with Crippen molar-refractivity contribution in [3.8, 4) is 0 Å². The molecule has 0 aromatic heterocycles. The Labute approximate surface area is 357 Å². The van der Waals surface area contributed by atoms with Gasteiger partial charge in [-0.15, -0.1) is 0 Å². The van der Waals surface area contributed by atoms with Gasteiger partial charge >= 0.3 is 11.9 Å². The monoisotopic (exact) mass is 868 g/mol. The number of benzene rings is 4. The molecule has 0 amide bonds. The first-order chi connectivity index (χ1) is 28.7. The number of allylic oxidation sites excluding steroid dienone is 8. The molecule has 4 aromatic rings. The van der Waals surface area contributed by atoms with E-state index in [1.54, 1.807) is 12.1 Å². The van der Waals surface area contributed by atoms with Crippen LogP contribution in [0.4, 0.5) is 11.4 Å². The number of nitrogens with zero attached hydrogens (tertiary/aromatic N) is 2. The first-order valence-electron chi connectivity index (χ1n) is 20.4. The fourth-order valence-corrected chi connectivity index (χ4v) is 9.89. The summed E-state index contributed by atoms with van der Waals surface area (Å²) in [5.74, 6) is -1.64. The average molecular weight is 869 g/mol. The molecule has 3 N–H and O–H groups in total. The van der Waals surface area contributed by atoms with Gasteiger partial charge < -0.3 is 19.7 Å². The van der Waals surface area contributed by atoms with Crippen LogP contribution in [0.25, 0.3) is 21.5 Å². The predicted octanol–water partition coefficient (Wildman–Crippen LogP) is 9.16. The van der Waals surface area contributed by atoms with Crippen LogP contribution in [0.15, 0.2) is 119 Å². The lowest BCUT2D eigenvalue weighted by molar-refractivity contribution is -0.438. The summed E-state index contributed by atoms with van der Waals surface area (Å²) < 4.78 is 71.2. The smallest absolute Gasteiger partial charge is 0.303 e. The molecule has 0 radical (unpaired) electrons. The normalized spacial score (nSPS) is 16.9. The second kappa shape index (κ2) is 17.9. The molecule has 0 spiro atoms. The Morgan fingerprint density at radius 1 is 0.689 bits per heavy atom. The largest absolute Gasteiger partial charge is 0.744 e. The summed E-state index contributed by atoms with van der Waals surface area (Å²) in [6.07, 6.45) is 18.2. The average Bonchev–Trinajstić information content (AvgIpc) is 3.53. The van der Waals surface area contributed by atoms with Crippen molar-refractivity contribution >= 4 is 70.8 Å². The number of rotatable bonds is 18. The Hall–Kier alpha value is -5.41. The summed E-state index contributed by atoms with van der Waals surface area (Å²) >= 11 is 0. The minimum Gasteiger partial charge on any atom is -0.744 e. The van der Waals surface area contributed by atoms with E-state index in [4.69, 9.17) is 10.2 Å². The maximum atomic E-state index is 11.9. The quantitative estimate of drug-likeness (QED) is 0.0374. The second-order valence-electron chi connectivity index (χ2n) is 16.6. The zero-order valence-corrected chi connectivity index (χ0v) is 36.4. The molecule has 12 nitrogen and oxygen atoms in total. The van der Waals surface area contributed by atoms with Crippen molar-refractivity contribution in [2.24, 2.45) is 0 Å². The van der Waals surface area contributed by atoms with E-state index < -0.39 is 43.0 Å². The molecule has 0 saturated heterocycles. The Bertz CT molecular complexity index is 2780. The van der Waals surface area contributed by atoms with Crippen molar-refractivity contribution in [3.63, 3.8) is 0 Å². The maximum Gasteiger partial charge on any atom is 0.303 e. The number of anilines is 1. The molecule has 2 heterocycles. The molecular formula is C47H52N2O10S2. The van der Waals surface area contributed by atoms with E-state index in [1.807, 2.05) is 54.6 Å². The van der Waals surface area contributed by atoms with Gasteiger partial charge in [0.2, 0.25) is 5.69 Å². The van der Waals surface area contributed by atoms with Crippen molar-refractivity contribution in [1.82, 2.24) is 0 Å². The van der Waals surface area contributed by atoms with Gasteiger partial charge in [0.25, 0.3) is 10.1 Å². The number of aliphatic carboxylic acids is 2. The van der Waals surface area contributed by atoms with Crippen LogP contribution in [0, 0.1) is 0 Å². The summed E-state index contributed by atoms with van der Waals surface area (Å²) in [6.45, 7) is 9.77. The van der Waals surface area contributed by atoms with Gasteiger partial charge in [0.1, 0.15) is 16.7 Å². The van der Waals surface area contributed by atoms with Crippen LogP contribution < -0.4 is 4.90 Å². The molecule has 0 saturated carbocycles. The van der Waals surface area contributed by atoms with Crippen molar-refractivity contribution in [1.29, 1.82) is 0 Å². The van der Waals surface area contributed by atoms with E-state index >= 15 is 0 Å². The van der Waals surface area contributed by atoms with Crippen LogP contribution in [-0.2, 0) is 40.7 Å². The molecule has 6 rings (SSSR count). The molecule has 0 bridgehead atoms. The van der Waals surface area contributed by atoms with Crippen LogP contribution in [-0.4, -0.2) is 71.5 Å². The van der Waals surface area contributed by atoms with Gasteiger partial charge in [-0.3, -0.25) is 14.1 Å². The number of hydrogen-bond donors (Lipinski definition) is 3. The third-order valence-electron chi connectivity index (χ3n) is 11.7. The van der Waals surface area contributed by atoms with Crippen LogP contribution in [0.3, 0.4) is 0 Å². The van der Waals surface area contributed by atoms with Crippen molar-refractivity contribution in [3.05, 3.63) is 120 Å². The first kappa shape index (κ1) is 45.1. The summed E-state index contributed by atoms with van der Waals surface area (Å²) in [5, 5.41) is 21.3. The highest BCUT2D eigenvalue weighted by Crippen LogP contribution is 2.51. The molecule has 2 aliphatic heterocycles. The first-order valence-corrected chi connectivity index (χ1v) is 23.2. The molecule has 14 heteroatoms. The molecule has 61 heavy (non-hydrogen) atoms. The summed E-state index contributed by atoms with van der Waals surface area (Å²) in [4.78, 5) is 24.0.